The molecular formula is C22H17FN2O4. The van der Waals surface area contributed by atoms with Gasteiger partial charge in [-0.1, -0.05) is 30.3 Å². The molecule has 0 aliphatic rings. The van der Waals surface area contributed by atoms with Crippen LogP contribution in [0.1, 0.15) is 16.7 Å². The molecule has 0 spiro atoms. The number of rotatable bonds is 7. The Kier molecular flexibility index (Phi) is 5.74. The van der Waals surface area contributed by atoms with Crippen molar-refractivity contribution in [2.75, 3.05) is 0 Å². The van der Waals surface area contributed by atoms with Crippen molar-refractivity contribution >= 4 is 5.97 Å². The van der Waals surface area contributed by atoms with Crippen LogP contribution in [0.4, 0.5) is 4.39 Å². The molecule has 1 aromatic heterocycles. The molecule has 0 amide bonds. The topological polar surface area (TPSA) is 92.4 Å². The Morgan fingerprint density at radius 2 is 1.97 bits per heavy atom. The van der Waals surface area contributed by atoms with E-state index in [2.05, 4.69) is 4.98 Å². The lowest BCUT2D eigenvalue weighted by atomic mass is 9.91. The predicted molar refractivity (Wildman–Crippen MR) is 102 cm³/mol. The van der Waals surface area contributed by atoms with Gasteiger partial charge in [0.05, 0.1) is 6.20 Å². The summed E-state index contributed by atoms with van der Waals surface area (Å²) >= 11 is 0. The molecule has 146 valence electrons. The maximum atomic E-state index is 13.7. The van der Waals surface area contributed by atoms with Crippen molar-refractivity contribution in [1.29, 1.82) is 5.26 Å². The van der Waals surface area contributed by atoms with Crippen LogP contribution >= 0.6 is 0 Å². The van der Waals surface area contributed by atoms with Crippen LogP contribution in [0.2, 0.25) is 0 Å². The van der Waals surface area contributed by atoms with Crippen LogP contribution in [0.5, 0.6) is 11.5 Å². The lowest BCUT2D eigenvalue weighted by Gasteiger charge is -2.25. The second kappa shape index (κ2) is 8.40. The molecule has 6 nitrogen and oxygen atoms in total. The standard InChI is InChI=1S/C22H17FN2O4/c1-15-5-2-3-8-19(15)22(14-24,21(26)27)29-18-7-4-6-17(11-18)28-13-16-9-10-25-12-20(16)23/h2-12H,13H2,1H3,(H,26,27)/t22-/m1/s1. The molecule has 3 aromatic rings. The van der Waals surface area contributed by atoms with Gasteiger partial charge in [0.15, 0.2) is 0 Å². The van der Waals surface area contributed by atoms with E-state index in [1.165, 1.54) is 24.4 Å². The van der Waals surface area contributed by atoms with E-state index in [4.69, 9.17) is 9.47 Å². The summed E-state index contributed by atoms with van der Waals surface area (Å²) in [5.74, 6) is -1.46. The lowest BCUT2D eigenvalue weighted by molar-refractivity contribution is -0.151. The zero-order valence-electron chi connectivity index (χ0n) is 15.5. The number of carboxylic acids is 1. The van der Waals surface area contributed by atoms with Crippen molar-refractivity contribution in [3.63, 3.8) is 0 Å². The molecule has 0 aliphatic heterocycles. The highest BCUT2D eigenvalue weighted by Gasteiger charge is 2.45. The number of pyridine rings is 1. The van der Waals surface area contributed by atoms with E-state index in [1.807, 2.05) is 0 Å². The van der Waals surface area contributed by atoms with Crippen molar-refractivity contribution in [2.24, 2.45) is 0 Å². The van der Waals surface area contributed by atoms with Crippen molar-refractivity contribution in [3.05, 3.63) is 89.5 Å². The number of aromatic nitrogens is 1. The summed E-state index contributed by atoms with van der Waals surface area (Å²) in [5, 5.41) is 19.5. The summed E-state index contributed by atoms with van der Waals surface area (Å²) in [5.41, 5.74) is -1.05. The summed E-state index contributed by atoms with van der Waals surface area (Å²) in [6.07, 6.45) is 2.55. The minimum Gasteiger partial charge on any atom is -0.489 e. The van der Waals surface area contributed by atoms with E-state index in [-0.39, 0.29) is 17.9 Å². The Morgan fingerprint density at radius 1 is 1.21 bits per heavy atom. The molecule has 0 unspecified atom stereocenters. The molecule has 0 saturated heterocycles. The van der Waals surface area contributed by atoms with Crippen LogP contribution in [-0.2, 0) is 17.0 Å². The van der Waals surface area contributed by atoms with E-state index in [9.17, 15) is 19.6 Å². The fourth-order valence-corrected chi connectivity index (χ4v) is 2.80. The Balaban J connectivity index is 1.87. The fourth-order valence-electron chi connectivity index (χ4n) is 2.80. The molecule has 0 aliphatic carbocycles. The third-order valence-corrected chi connectivity index (χ3v) is 4.31. The second-order valence-corrected chi connectivity index (χ2v) is 6.25. The zero-order valence-corrected chi connectivity index (χ0v) is 15.5. The highest BCUT2D eigenvalue weighted by Crippen LogP contribution is 2.32. The summed E-state index contributed by atoms with van der Waals surface area (Å²) in [4.78, 5) is 15.7. The number of aryl methyl sites for hydroxylation is 1. The minimum atomic E-state index is -2.22. The van der Waals surface area contributed by atoms with Gasteiger partial charge in [-0.05, 0) is 30.7 Å². The van der Waals surface area contributed by atoms with Gasteiger partial charge >= 0.3 is 11.6 Å². The molecule has 1 heterocycles. The van der Waals surface area contributed by atoms with E-state index in [1.54, 1.807) is 49.4 Å². The molecule has 1 N–H and O–H groups in total. The molecule has 3 rings (SSSR count). The van der Waals surface area contributed by atoms with Gasteiger partial charge < -0.3 is 14.6 Å². The van der Waals surface area contributed by atoms with E-state index in [0.717, 1.165) is 6.20 Å². The quantitative estimate of drug-likeness (QED) is 0.654. The SMILES string of the molecule is Cc1ccccc1[C@@](C#N)(Oc1cccc(OCc2ccncc2F)c1)C(=O)O. The van der Waals surface area contributed by atoms with Gasteiger partial charge in [0.2, 0.25) is 0 Å². The van der Waals surface area contributed by atoms with Crippen LogP contribution in [0.25, 0.3) is 0 Å². The Hall–Kier alpha value is -3.92. The average Bonchev–Trinajstić information content (AvgIpc) is 2.72. The minimum absolute atomic E-state index is 0.0437. The van der Waals surface area contributed by atoms with Crippen molar-refractivity contribution in [1.82, 2.24) is 4.98 Å². The Labute approximate surface area is 166 Å². The van der Waals surface area contributed by atoms with Crippen molar-refractivity contribution in [3.8, 4) is 17.6 Å². The largest absolute Gasteiger partial charge is 0.489 e. The molecule has 29 heavy (non-hydrogen) atoms. The highest BCUT2D eigenvalue weighted by molar-refractivity contribution is 5.84. The van der Waals surface area contributed by atoms with Gasteiger partial charge in [-0.3, -0.25) is 4.98 Å². The first-order chi connectivity index (χ1) is 14.0. The number of hydrogen-bond donors (Lipinski definition) is 1. The molecule has 2 aromatic carbocycles. The number of nitrogens with zero attached hydrogens (tertiary/aromatic N) is 2. The van der Waals surface area contributed by atoms with Crippen molar-refractivity contribution < 1.29 is 23.8 Å². The van der Waals surface area contributed by atoms with Crippen molar-refractivity contribution in [2.45, 2.75) is 19.1 Å². The van der Waals surface area contributed by atoms with E-state index in [0.29, 0.717) is 16.9 Å². The third kappa shape index (κ3) is 4.17. The number of ether oxygens (including phenoxy) is 2. The molecule has 0 saturated carbocycles. The number of hydrogen-bond acceptors (Lipinski definition) is 5. The summed E-state index contributed by atoms with van der Waals surface area (Å²) in [6.45, 7) is 1.66. The number of benzene rings is 2. The van der Waals surface area contributed by atoms with Crippen LogP contribution < -0.4 is 9.47 Å². The number of halogens is 1. The molecule has 0 bridgehead atoms. The summed E-state index contributed by atoms with van der Waals surface area (Å²) < 4.78 is 24.9. The first-order valence-electron chi connectivity index (χ1n) is 8.67. The lowest BCUT2D eigenvalue weighted by Crippen LogP contribution is -2.41. The Bertz CT molecular complexity index is 1080. The van der Waals surface area contributed by atoms with Crippen LogP contribution in [0, 0.1) is 24.1 Å². The van der Waals surface area contributed by atoms with Gasteiger partial charge in [-0.15, -0.1) is 0 Å². The van der Waals surface area contributed by atoms with Gasteiger partial charge in [0, 0.05) is 23.4 Å². The molecule has 1 atom stereocenters. The second-order valence-electron chi connectivity index (χ2n) is 6.25. The Morgan fingerprint density at radius 3 is 2.66 bits per heavy atom. The molecule has 0 radical (unpaired) electrons. The number of carbonyl (C=O) groups is 1. The zero-order chi connectivity index (χ0) is 20.9. The maximum Gasteiger partial charge on any atom is 0.368 e. The van der Waals surface area contributed by atoms with Gasteiger partial charge in [0.1, 0.15) is 30.0 Å². The summed E-state index contributed by atoms with van der Waals surface area (Å²) in [7, 11) is 0. The number of carboxylic acid groups (broad SMARTS) is 1. The number of nitriles is 1. The van der Waals surface area contributed by atoms with Gasteiger partial charge in [-0.2, -0.15) is 5.26 Å². The first-order valence-corrected chi connectivity index (χ1v) is 8.67. The normalized spacial score (nSPS) is 12.4. The summed E-state index contributed by atoms with van der Waals surface area (Å²) in [6, 6.07) is 16.1. The highest BCUT2D eigenvalue weighted by atomic mass is 19.1. The molecule has 0 fully saturated rings. The van der Waals surface area contributed by atoms with Crippen LogP contribution in [0.3, 0.4) is 0 Å². The van der Waals surface area contributed by atoms with Crippen LogP contribution in [0.15, 0.2) is 67.0 Å². The molecule has 7 heteroatoms. The molecular weight excluding hydrogens is 375 g/mol. The number of aliphatic carboxylic acids is 1. The van der Waals surface area contributed by atoms with E-state index >= 15 is 0 Å². The fraction of sp³-hybridized carbons (Fsp3) is 0.136. The first kappa shape index (κ1) is 19.8. The maximum absolute atomic E-state index is 13.7. The monoisotopic (exact) mass is 392 g/mol. The van der Waals surface area contributed by atoms with E-state index < -0.39 is 17.4 Å². The van der Waals surface area contributed by atoms with Gasteiger partial charge in [0.25, 0.3) is 0 Å². The third-order valence-electron chi connectivity index (χ3n) is 4.31. The van der Waals surface area contributed by atoms with Gasteiger partial charge in [-0.25, -0.2) is 9.18 Å². The van der Waals surface area contributed by atoms with Crippen LogP contribution in [-0.4, -0.2) is 16.1 Å². The average molecular weight is 392 g/mol. The predicted octanol–water partition coefficient (Wildman–Crippen LogP) is 3.99. The smallest absolute Gasteiger partial charge is 0.368 e.